The van der Waals surface area contributed by atoms with E-state index in [1.807, 2.05) is 18.3 Å². The second-order valence-electron chi connectivity index (χ2n) is 7.82. The predicted octanol–water partition coefficient (Wildman–Crippen LogP) is 6.25. The summed E-state index contributed by atoms with van der Waals surface area (Å²) < 4.78 is 1.18. The van der Waals surface area contributed by atoms with E-state index in [1.165, 1.54) is 14.2 Å². The second-order valence-corrected chi connectivity index (χ2v) is 11.2. The molecule has 0 saturated heterocycles. The van der Waals surface area contributed by atoms with Gasteiger partial charge in [-0.2, -0.15) is 10.2 Å². The summed E-state index contributed by atoms with van der Waals surface area (Å²) in [6, 6.07) is 29.8. The van der Waals surface area contributed by atoms with E-state index in [9.17, 15) is 0 Å². The summed E-state index contributed by atoms with van der Waals surface area (Å²) in [5.41, 5.74) is 2.17. The first-order valence-corrected chi connectivity index (χ1v) is 12.3. The summed E-state index contributed by atoms with van der Waals surface area (Å²) in [5, 5.41) is 11.9. The molecular formula is C25H26IN2P. The van der Waals surface area contributed by atoms with Crippen LogP contribution in [-0.2, 0) is 0 Å². The van der Waals surface area contributed by atoms with Crippen molar-refractivity contribution in [2.24, 2.45) is 15.6 Å². The monoisotopic (exact) mass is 512 g/mol. The number of halogens is 1. The Kier molecular flexibility index (Phi) is 7.74. The third-order valence-corrected chi connectivity index (χ3v) is 8.03. The van der Waals surface area contributed by atoms with E-state index in [1.54, 1.807) is 0 Å². The van der Waals surface area contributed by atoms with Crippen LogP contribution >= 0.6 is 30.5 Å². The molecule has 0 aliphatic heterocycles. The van der Waals surface area contributed by atoms with E-state index in [0.717, 1.165) is 17.4 Å². The molecular weight excluding hydrogens is 486 g/mol. The summed E-state index contributed by atoms with van der Waals surface area (Å²) in [7, 11) is -0.538. The van der Waals surface area contributed by atoms with Gasteiger partial charge in [0, 0.05) is 20.7 Å². The number of benzene rings is 3. The lowest BCUT2D eigenvalue weighted by Gasteiger charge is -2.26. The van der Waals surface area contributed by atoms with Gasteiger partial charge >= 0.3 is 0 Å². The van der Waals surface area contributed by atoms with Crippen LogP contribution in [0, 0.1) is 8.99 Å². The van der Waals surface area contributed by atoms with Crippen LogP contribution in [-0.4, -0.2) is 18.1 Å². The van der Waals surface area contributed by atoms with Crippen molar-refractivity contribution in [3.8, 4) is 0 Å². The van der Waals surface area contributed by atoms with Gasteiger partial charge in [-0.15, -0.1) is 0 Å². The molecule has 0 unspecified atom stereocenters. The van der Waals surface area contributed by atoms with Crippen LogP contribution in [0.4, 0.5) is 0 Å². The van der Waals surface area contributed by atoms with Gasteiger partial charge in [-0.1, -0.05) is 99.6 Å². The fraction of sp³-hybridized carbons (Fsp3) is 0.200. The first kappa shape index (κ1) is 21.9. The normalized spacial score (nSPS) is 12.7. The highest BCUT2D eigenvalue weighted by molar-refractivity contribution is 14.1. The van der Waals surface area contributed by atoms with Crippen LogP contribution in [0.2, 0.25) is 0 Å². The molecule has 0 N–H and O–H groups in total. The van der Waals surface area contributed by atoms with Crippen molar-refractivity contribution in [1.29, 1.82) is 0 Å². The standard InChI is InChI=1S/C25H26IN2P/c1-25(2,3)24(28-27-18-20-12-10-11-17-23(20)26)19-29(21-13-6-4-7-14-21)22-15-8-5-9-16-22/h4-18H,19H2,1-3H3/b27-18+,28-24-. The van der Waals surface area contributed by atoms with E-state index in [0.29, 0.717) is 0 Å². The molecule has 0 saturated carbocycles. The average molecular weight is 512 g/mol. The highest BCUT2D eigenvalue weighted by Crippen LogP contribution is 2.36. The molecule has 29 heavy (non-hydrogen) atoms. The maximum absolute atomic E-state index is 4.72. The third-order valence-electron chi connectivity index (χ3n) is 4.59. The van der Waals surface area contributed by atoms with Gasteiger partial charge in [-0.05, 0) is 47.2 Å². The molecule has 3 aromatic rings. The van der Waals surface area contributed by atoms with Crippen molar-refractivity contribution in [3.63, 3.8) is 0 Å². The molecule has 148 valence electrons. The quantitative estimate of drug-likeness (QED) is 0.162. The zero-order valence-corrected chi connectivity index (χ0v) is 20.1. The molecule has 3 rings (SSSR count). The Balaban J connectivity index is 1.94. The van der Waals surface area contributed by atoms with E-state index in [-0.39, 0.29) is 5.41 Å². The second kappa shape index (κ2) is 10.3. The fourth-order valence-corrected chi connectivity index (χ4v) is 5.95. The van der Waals surface area contributed by atoms with Gasteiger partial charge in [0.05, 0.1) is 11.9 Å². The largest absolute Gasteiger partial charge is 0.159 e. The van der Waals surface area contributed by atoms with Crippen LogP contribution in [0.25, 0.3) is 0 Å². The van der Waals surface area contributed by atoms with Gasteiger partial charge in [0.1, 0.15) is 0 Å². The molecule has 0 amide bonds. The Morgan fingerprint density at radius 2 is 1.34 bits per heavy atom. The van der Waals surface area contributed by atoms with Crippen LogP contribution in [0.15, 0.2) is 95.1 Å². The average Bonchev–Trinajstić information content (AvgIpc) is 2.72. The maximum atomic E-state index is 4.72. The Hall–Kier alpha value is -1.84. The third kappa shape index (κ3) is 6.32. The van der Waals surface area contributed by atoms with E-state index in [2.05, 4.69) is 121 Å². The molecule has 2 nitrogen and oxygen atoms in total. The zero-order valence-electron chi connectivity index (χ0n) is 17.1. The minimum atomic E-state index is -0.538. The summed E-state index contributed by atoms with van der Waals surface area (Å²) in [5.74, 6) is 0. The minimum absolute atomic E-state index is 0.0503. The smallest absolute Gasteiger partial charge is 0.0578 e. The van der Waals surface area contributed by atoms with Gasteiger partial charge in [0.2, 0.25) is 0 Å². The summed E-state index contributed by atoms with van der Waals surface area (Å²) >= 11 is 2.33. The highest BCUT2D eigenvalue weighted by Gasteiger charge is 2.24. The van der Waals surface area contributed by atoms with Gasteiger partial charge in [-0.25, -0.2) is 0 Å². The van der Waals surface area contributed by atoms with Crippen molar-refractivity contribution in [3.05, 3.63) is 94.1 Å². The van der Waals surface area contributed by atoms with E-state index >= 15 is 0 Å². The minimum Gasteiger partial charge on any atom is -0.159 e. The first-order valence-electron chi connectivity index (χ1n) is 9.68. The Labute approximate surface area is 189 Å². The Morgan fingerprint density at radius 3 is 1.86 bits per heavy atom. The molecule has 0 radical (unpaired) electrons. The molecule has 0 aliphatic rings. The molecule has 0 spiro atoms. The van der Waals surface area contributed by atoms with Crippen LogP contribution in [0.1, 0.15) is 26.3 Å². The molecule has 0 fully saturated rings. The SMILES string of the molecule is CC(C)(C)/C(CP(c1ccccc1)c1ccccc1)=N\N=C\c1ccccc1I. The summed E-state index contributed by atoms with van der Waals surface area (Å²) in [6.45, 7) is 6.66. The number of nitrogens with zero attached hydrogens (tertiary/aromatic N) is 2. The van der Waals surface area contributed by atoms with Crippen molar-refractivity contribution in [2.45, 2.75) is 20.8 Å². The van der Waals surface area contributed by atoms with E-state index < -0.39 is 7.92 Å². The molecule has 0 aliphatic carbocycles. The van der Waals surface area contributed by atoms with Gasteiger partial charge in [0.15, 0.2) is 0 Å². The lowest BCUT2D eigenvalue weighted by atomic mass is 9.91. The molecule has 0 heterocycles. The van der Waals surface area contributed by atoms with Crippen molar-refractivity contribution in [1.82, 2.24) is 0 Å². The van der Waals surface area contributed by atoms with Gasteiger partial charge in [0.25, 0.3) is 0 Å². The molecule has 0 atom stereocenters. The van der Waals surface area contributed by atoms with Crippen LogP contribution in [0.5, 0.6) is 0 Å². The number of hydrogen-bond acceptors (Lipinski definition) is 2. The Morgan fingerprint density at radius 1 is 0.828 bits per heavy atom. The fourth-order valence-electron chi connectivity index (χ4n) is 2.86. The Bertz CT molecular complexity index is 937. The summed E-state index contributed by atoms with van der Waals surface area (Å²) in [6.07, 6.45) is 2.76. The maximum Gasteiger partial charge on any atom is 0.0578 e. The van der Waals surface area contributed by atoms with Gasteiger partial charge < -0.3 is 0 Å². The van der Waals surface area contributed by atoms with Crippen molar-refractivity contribution in [2.75, 3.05) is 6.16 Å². The first-order chi connectivity index (χ1) is 13.9. The molecule has 0 aromatic heterocycles. The highest BCUT2D eigenvalue weighted by atomic mass is 127. The van der Waals surface area contributed by atoms with Crippen LogP contribution in [0.3, 0.4) is 0 Å². The number of hydrogen-bond donors (Lipinski definition) is 0. The molecule has 3 aromatic carbocycles. The lowest BCUT2D eigenvalue weighted by Crippen LogP contribution is -2.27. The van der Waals surface area contributed by atoms with Gasteiger partial charge in [-0.3, -0.25) is 0 Å². The van der Waals surface area contributed by atoms with Crippen molar-refractivity contribution < 1.29 is 0 Å². The topological polar surface area (TPSA) is 24.7 Å². The zero-order chi connectivity index (χ0) is 20.7. The number of rotatable bonds is 6. The van der Waals surface area contributed by atoms with E-state index in [4.69, 9.17) is 5.10 Å². The lowest BCUT2D eigenvalue weighted by molar-refractivity contribution is 0.586. The van der Waals surface area contributed by atoms with Crippen molar-refractivity contribution >= 4 is 53.0 Å². The van der Waals surface area contributed by atoms with Crippen LogP contribution < -0.4 is 10.6 Å². The summed E-state index contributed by atoms with van der Waals surface area (Å²) in [4.78, 5) is 0. The predicted molar refractivity (Wildman–Crippen MR) is 138 cm³/mol. The molecule has 4 heteroatoms. The molecule has 0 bridgehead atoms.